The summed E-state index contributed by atoms with van der Waals surface area (Å²) in [6.07, 6.45) is 4.05. The molecule has 6 heteroatoms. The minimum Gasteiger partial charge on any atom is -0.497 e. The highest BCUT2D eigenvalue weighted by Gasteiger charge is 2.20. The lowest BCUT2D eigenvalue weighted by Crippen LogP contribution is -1.96. The Morgan fingerprint density at radius 1 is 0.893 bits per heavy atom. The molecule has 3 aromatic rings. The molecular weight excluding hydrogens is 374 g/mol. The number of hydrogen-bond donors (Lipinski definition) is 0. The van der Waals surface area contributed by atoms with Crippen LogP contribution in [0.1, 0.15) is 19.8 Å². The van der Waals surface area contributed by atoms with Crippen molar-refractivity contribution in [3.8, 4) is 44.6 Å². The van der Waals surface area contributed by atoms with E-state index < -0.39 is 0 Å². The summed E-state index contributed by atoms with van der Waals surface area (Å²) in [4.78, 5) is 0.994. The molecule has 0 bridgehead atoms. The highest BCUT2D eigenvalue weighted by molar-refractivity contribution is 7.10. The second kappa shape index (κ2) is 9.46. The van der Waals surface area contributed by atoms with Gasteiger partial charge in [0.15, 0.2) is 11.5 Å². The lowest BCUT2D eigenvalue weighted by atomic mass is 10.0. The number of unbranched alkanes of at least 4 members (excludes halogenated alkanes) is 1. The maximum atomic E-state index is 5.76. The summed E-state index contributed by atoms with van der Waals surface area (Å²) in [5, 5.41) is 0. The number of ether oxygens (including phenoxy) is 4. The Bertz CT molecular complexity index is 905. The van der Waals surface area contributed by atoms with Gasteiger partial charge < -0.3 is 18.9 Å². The van der Waals surface area contributed by atoms with Gasteiger partial charge in [0.1, 0.15) is 11.5 Å². The number of nitrogens with zero attached hydrogens (tertiary/aromatic N) is 1. The lowest BCUT2D eigenvalue weighted by molar-refractivity contribution is 0.309. The van der Waals surface area contributed by atoms with Crippen LogP contribution >= 0.6 is 11.5 Å². The van der Waals surface area contributed by atoms with Gasteiger partial charge >= 0.3 is 0 Å². The molecular formula is C22H25NO4S. The van der Waals surface area contributed by atoms with E-state index in [0.717, 1.165) is 46.8 Å². The van der Waals surface area contributed by atoms with Crippen LogP contribution in [0.4, 0.5) is 0 Å². The Hall–Kier alpha value is -2.73. The lowest BCUT2D eigenvalue weighted by Gasteiger charge is -2.15. The molecule has 0 aliphatic rings. The van der Waals surface area contributed by atoms with Crippen molar-refractivity contribution < 1.29 is 18.9 Å². The van der Waals surface area contributed by atoms with E-state index in [1.807, 2.05) is 30.5 Å². The van der Waals surface area contributed by atoms with E-state index >= 15 is 0 Å². The van der Waals surface area contributed by atoms with Crippen LogP contribution in [0.2, 0.25) is 0 Å². The zero-order valence-corrected chi connectivity index (χ0v) is 17.5. The monoisotopic (exact) mass is 399 g/mol. The van der Waals surface area contributed by atoms with E-state index in [9.17, 15) is 0 Å². The first-order valence-electron chi connectivity index (χ1n) is 9.20. The molecule has 0 unspecified atom stereocenters. The molecule has 5 nitrogen and oxygen atoms in total. The zero-order valence-electron chi connectivity index (χ0n) is 16.7. The molecule has 0 saturated carbocycles. The summed E-state index contributed by atoms with van der Waals surface area (Å²) >= 11 is 1.41. The maximum Gasteiger partial charge on any atom is 0.169 e. The summed E-state index contributed by atoms with van der Waals surface area (Å²) < 4.78 is 26.7. The van der Waals surface area contributed by atoms with Gasteiger partial charge in [0.05, 0.1) is 32.8 Å². The smallest absolute Gasteiger partial charge is 0.169 e. The van der Waals surface area contributed by atoms with Crippen LogP contribution in [-0.4, -0.2) is 32.3 Å². The van der Waals surface area contributed by atoms with Gasteiger partial charge in [-0.05, 0) is 41.7 Å². The van der Waals surface area contributed by atoms with Crippen LogP contribution < -0.4 is 18.9 Å². The molecule has 1 heterocycles. The second-order valence-corrected chi connectivity index (χ2v) is 7.01. The molecule has 1 aromatic heterocycles. The average Bonchev–Trinajstić information content (AvgIpc) is 3.23. The van der Waals surface area contributed by atoms with Gasteiger partial charge in [-0.25, -0.2) is 0 Å². The van der Waals surface area contributed by atoms with Crippen LogP contribution in [0, 0.1) is 0 Å². The molecule has 0 saturated heterocycles. The second-order valence-electron chi connectivity index (χ2n) is 6.21. The number of rotatable bonds is 9. The predicted octanol–water partition coefficient (Wildman–Crippen LogP) is 5.68. The summed E-state index contributed by atoms with van der Waals surface area (Å²) in [6, 6.07) is 11.9. The summed E-state index contributed by atoms with van der Waals surface area (Å²) in [6.45, 7) is 2.89. The summed E-state index contributed by atoms with van der Waals surface area (Å²) in [7, 11) is 4.89. The third-order valence-electron chi connectivity index (χ3n) is 4.44. The van der Waals surface area contributed by atoms with E-state index in [2.05, 4.69) is 23.4 Å². The molecule has 0 N–H and O–H groups in total. The topological polar surface area (TPSA) is 49.8 Å². The van der Waals surface area contributed by atoms with Gasteiger partial charge in [-0.3, -0.25) is 0 Å². The largest absolute Gasteiger partial charge is 0.497 e. The Morgan fingerprint density at radius 3 is 2.32 bits per heavy atom. The molecule has 0 fully saturated rings. The Labute approximate surface area is 170 Å². The SMILES string of the molecule is CCCCOc1ccc(-c2cnsc2-c2cc(OC)cc(OC)c2OC)cc1. The van der Waals surface area contributed by atoms with Crippen LogP contribution in [0.25, 0.3) is 21.6 Å². The molecule has 2 aromatic carbocycles. The van der Waals surface area contributed by atoms with Crippen molar-refractivity contribution in [1.29, 1.82) is 0 Å². The number of benzene rings is 2. The third-order valence-corrected chi connectivity index (χ3v) is 5.27. The number of methoxy groups -OCH3 is 3. The molecule has 0 spiro atoms. The van der Waals surface area contributed by atoms with Crippen molar-refractivity contribution in [2.45, 2.75) is 19.8 Å². The van der Waals surface area contributed by atoms with Gasteiger partial charge in [-0.15, -0.1) is 0 Å². The quantitative estimate of drug-likeness (QED) is 0.433. The van der Waals surface area contributed by atoms with Gasteiger partial charge in [0.2, 0.25) is 0 Å². The summed E-state index contributed by atoms with van der Waals surface area (Å²) in [5.41, 5.74) is 2.98. The molecule has 0 atom stereocenters. The Balaban J connectivity index is 1.98. The minimum atomic E-state index is 0.621. The van der Waals surface area contributed by atoms with E-state index in [-0.39, 0.29) is 0 Å². The van der Waals surface area contributed by atoms with E-state index in [1.54, 1.807) is 21.3 Å². The Kier molecular flexibility index (Phi) is 6.76. The molecule has 0 amide bonds. The first kappa shape index (κ1) is 20.0. The normalized spacial score (nSPS) is 10.6. The fourth-order valence-corrected chi connectivity index (χ4v) is 3.71. The van der Waals surface area contributed by atoms with Crippen LogP contribution in [0.5, 0.6) is 23.0 Å². The van der Waals surface area contributed by atoms with Crippen molar-refractivity contribution in [1.82, 2.24) is 4.37 Å². The van der Waals surface area contributed by atoms with Crippen molar-refractivity contribution in [3.05, 3.63) is 42.6 Å². The van der Waals surface area contributed by atoms with Crippen LogP contribution in [-0.2, 0) is 0 Å². The molecule has 3 rings (SSSR count). The van der Waals surface area contributed by atoms with Crippen LogP contribution in [0.15, 0.2) is 42.6 Å². The molecule has 0 aliphatic heterocycles. The van der Waals surface area contributed by atoms with Gasteiger partial charge in [0.25, 0.3) is 0 Å². The summed E-state index contributed by atoms with van der Waals surface area (Å²) in [5.74, 6) is 2.86. The van der Waals surface area contributed by atoms with Gasteiger partial charge in [-0.1, -0.05) is 25.5 Å². The molecule has 148 valence electrons. The Morgan fingerprint density at radius 2 is 1.68 bits per heavy atom. The minimum absolute atomic E-state index is 0.621. The average molecular weight is 400 g/mol. The van der Waals surface area contributed by atoms with Crippen molar-refractivity contribution in [2.75, 3.05) is 27.9 Å². The number of hydrogen-bond acceptors (Lipinski definition) is 6. The maximum absolute atomic E-state index is 5.76. The van der Waals surface area contributed by atoms with Crippen molar-refractivity contribution in [3.63, 3.8) is 0 Å². The van der Waals surface area contributed by atoms with E-state index in [0.29, 0.717) is 17.2 Å². The molecule has 28 heavy (non-hydrogen) atoms. The highest BCUT2D eigenvalue weighted by Crippen LogP contribution is 2.46. The fourth-order valence-electron chi connectivity index (χ4n) is 2.93. The molecule has 0 aliphatic carbocycles. The standard InChI is InChI=1S/C22H25NO4S/c1-5-6-11-27-16-9-7-15(8-10-16)19-14-23-28-22(19)18-12-17(24-2)13-20(25-3)21(18)26-4/h7-10,12-14H,5-6,11H2,1-4H3. The van der Waals surface area contributed by atoms with E-state index in [4.69, 9.17) is 18.9 Å². The first-order valence-corrected chi connectivity index (χ1v) is 9.97. The number of aromatic nitrogens is 1. The fraction of sp³-hybridized carbons (Fsp3) is 0.318. The predicted molar refractivity (Wildman–Crippen MR) is 113 cm³/mol. The van der Waals surface area contributed by atoms with Crippen molar-refractivity contribution >= 4 is 11.5 Å². The van der Waals surface area contributed by atoms with Gasteiger partial charge in [-0.2, -0.15) is 4.37 Å². The van der Waals surface area contributed by atoms with Crippen LogP contribution in [0.3, 0.4) is 0 Å². The van der Waals surface area contributed by atoms with E-state index in [1.165, 1.54) is 11.5 Å². The zero-order chi connectivity index (χ0) is 19.9. The first-order chi connectivity index (χ1) is 13.7. The molecule has 0 radical (unpaired) electrons. The van der Waals surface area contributed by atoms with Gasteiger partial charge in [0, 0.05) is 23.4 Å². The van der Waals surface area contributed by atoms with Crippen molar-refractivity contribution in [2.24, 2.45) is 0 Å². The highest BCUT2D eigenvalue weighted by atomic mass is 32.1. The third kappa shape index (κ3) is 4.22.